The van der Waals surface area contributed by atoms with Crippen LogP contribution in [0.15, 0.2) is 126 Å². The number of fused-ring (bicyclic) bond motifs is 3. The van der Waals surface area contributed by atoms with Gasteiger partial charge in [0.2, 0.25) is 5.91 Å². The second-order valence-electron chi connectivity index (χ2n) is 11.7. The van der Waals surface area contributed by atoms with E-state index in [1.54, 1.807) is 67.8 Å². The SMILES string of the molecule is CCn1c2ccccc2c2cc(NC(=O)C(C)Sc3ccc(NC(=O)/C(=C/c4cc(OC)ccc4OC)NC(=O)c4ccccc4)cc3)ccc21. The Morgan fingerprint density at radius 1 is 0.765 bits per heavy atom. The van der Waals surface area contributed by atoms with Crippen LogP contribution in [0, 0.1) is 0 Å². The summed E-state index contributed by atoms with van der Waals surface area (Å²) in [6.45, 7) is 4.84. The topological polar surface area (TPSA) is 111 Å². The van der Waals surface area contributed by atoms with Gasteiger partial charge in [0, 0.05) is 55.7 Å². The highest BCUT2D eigenvalue weighted by atomic mass is 32.2. The van der Waals surface area contributed by atoms with Crippen LogP contribution < -0.4 is 25.4 Å². The van der Waals surface area contributed by atoms with Crippen LogP contribution >= 0.6 is 11.8 Å². The Bertz CT molecular complexity index is 2250. The summed E-state index contributed by atoms with van der Waals surface area (Å²) in [5, 5.41) is 10.6. The molecule has 9 nitrogen and oxygen atoms in total. The second kappa shape index (κ2) is 15.7. The Morgan fingerprint density at radius 2 is 1.47 bits per heavy atom. The fourth-order valence-corrected chi connectivity index (χ4v) is 6.71. The van der Waals surface area contributed by atoms with Crippen LogP contribution in [0.4, 0.5) is 11.4 Å². The predicted molar refractivity (Wildman–Crippen MR) is 206 cm³/mol. The number of nitrogens with zero attached hydrogens (tertiary/aromatic N) is 1. The molecular weight excluding hydrogens is 661 g/mol. The summed E-state index contributed by atoms with van der Waals surface area (Å²) in [4.78, 5) is 40.8. The molecule has 0 aliphatic carbocycles. The lowest BCUT2D eigenvalue weighted by Gasteiger charge is -2.14. The lowest BCUT2D eigenvalue weighted by molar-refractivity contribution is -0.115. The van der Waals surface area contributed by atoms with E-state index in [0.29, 0.717) is 28.3 Å². The van der Waals surface area contributed by atoms with E-state index >= 15 is 0 Å². The van der Waals surface area contributed by atoms with Gasteiger partial charge in [-0.25, -0.2) is 0 Å². The minimum absolute atomic E-state index is 0.0107. The number of para-hydroxylation sites is 1. The van der Waals surface area contributed by atoms with Gasteiger partial charge in [0.25, 0.3) is 11.8 Å². The fourth-order valence-electron chi connectivity index (χ4n) is 5.84. The molecule has 0 radical (unpaired) electrons. The number of aryl methyl sites for hydroxylation is 1. The number of thioether (sulfide) groups is 1. The number of rotatable bonds is 12. The summed E-state index contributed by atoms with van der Waals surface area (Å²) < 4.78 is 13.1. The zero-order chi connectivity index (χ0) is 35.9. The molecule has 3 N–H and O–H groups in total. The monoisotopic (exact) mass is 698 g/mol. The Hall–Kier alpha value is -6.00. The van der Waals surface area contributed by atoms with Gasteiger partial charge in [-0.3, -0.25) is 14.4 Å². The van der Waals surface area contributed by atoms with Gasteiger partial charge in [0.15, 0.2) is 0 Å². The highest BCUT2D eigenvalue weighted by Gasteiger charge is 2.19. The van der Waals surface area contributed by atoms with Gasteiger partial charge in [-0.2, -0.15) is 0 Å². The second-order valence-corrected chi connectivity index (χ2v) is 13.1. The first-order chi connectivity index (χ1) is 24.8. The van der Waals surface area contributed by atoms with E-state index in [1.165, 1.54) is 24.4 Å². The van der Waals surface area contributed by atoms with Crippen molar-refractivity contribution in [1.82, 2.24) is 9.88 Å². The molecule has 0 aliphatic rings. The number of aromatic nitrogens is 1. The van der Waals surface area contributed by atoms with E-state index in [1.807, 2.05) is 49.4 Å². The molecule has 1 heterocycles. The van der Waals surface area contributed by atoms with Crippen LogP contribution in [0.3, 0.4) is 0 Å². The standard InChI is InChI=1S/C41H38N4O5S/c1-5-45-36-14-10-9-13-33(36)34-25-30(17-21-37(34)45)43-39(46)26(2)51-32-19-15-29(16-20-32)42-41(48)35(44-40(47)27-11-7-6-8-12-27)24-28-23-31(49-3)18-22-38(28)50-4/h6-26H,5H2,1-4H3,(H,42,48)(H,43,46)(H,44,47)/b35-24-. The molecule has 1 atom stereocenters. The summed E-state index contributed by atoms with van der Waals surface area (Å²) in [5.74, 6) is -0.0255. The fraction of sp³-hybridized carbons (Fsp3) is 0.146. The zero-order valence-corrected chi connectivity index (χ0v) is 29.5. The third kappa shape index (κ3) is 7.92. The average Bonchev–Trinajstić information content (AvgIpc) is 3.48. The van der Waals surface area contributed by atoms with Gasteiger partial charge in [0.05, 0.1) is 19.5 Å². The molecule has 6 aromatic rings. The van der Waals surface area contributed by atoms with Gasteiger partial charge in [-0.05, 0) is 98.8 Å². The molecule has 0 spiro atoms. The van der Waals surface area contributed by atoms with Crippen molar-refractivity contribution in [1.29, 1.82) is 0 Å². The van der Waals surface area contributed by atoms with Crippen molar-refractivity contribution in [2.24, 2.45) is 0 Å². The van der Waals surface area contributed by atoms with E-state index in [0.717, 1.165) is 33.4 Å². The molecule has 10 heteroatoms. The molecule has 5 aromatic carbocycles. The summed E-state index contributed by atoms with van der Waals surface area (Å²) in [5.41, 5.74) is 4.51. The summed E-state index contributed by atoms with van der Waals surface area (Å²) in [6.07, 6.45) is 1.54. The van der Waals surface area contributed by atoms with Gasteiger partial charge in [-0.1, -0.05) is 36.4 Å². The number of nitrogens with one attached hydrogen (secondary N) is 3. The first kappa shape index (κ1) is 34.8. The third-order valence-corrected chi connectivity index (χ3v) is 9.53. The number of hydrogen-bond donors (Lipinski definition) is 3. The largest absolute Gasteiger partial charge is 0.497 e. The molecular formula is C41H38N4O5S. The van der Waals surface area contributed by atoms with Crippen molar-refractivity contribution in [2.45, 2.75) is 30.5 Å². The van der Waals surface area contributed by atoms with Crippen LogP contribution in [-0.2, 0) is 16.1 Å². The Balaban J connectivity index is 1.14. The van der Waals surface area contributed by atoms with Crippen LogP contribution in [0.2, 0.25) is 0 Å². The van der Waals surface area contributed by atoms with Gasteiger partial charge in [0.1, 0.15) is 17.2 Å². The number of amides is 3. The molecule has 6 rings (SSSR count). The van der Waals surface area contributed by atoms with E-state index < -0.39 is 17.1 Å². The maximum atomic E-state index is 13.6. The molecule has 0 fully saturated rings. The number of anilines is 2. The number of carbonyl (C=O) groups is 3. The van der Waals surface area contributed by atoms with Gasteiger partial charge in [-0.15, -0.1) is 11.8 Å². The summed E-state index contributed by atoms with van der Waals surface area (Å²) in [7, 11) is 3.07. The van der Waals surface area contributed by atoms with Crippen molar-refractivity contribution in [3.05, 3.63) is 132 Å². The highest BCUT2D eigenvalue weighted by Crippen LogP contribution is 2.32. The number of methoxy groups -OCH3 is 2. The average molecular weight is 699 g/mol. The summed E-state index contributed by atoms with van der Waals surface area (Å²) >= 11 is 1.41. The number of carbonyl (C=O) groups excluding carboxylic acids is 3. The van der Waals surface area contributed by atoms with Crippen molar-refractivity contribution in [3.8, 4) is 11.5 Å². The lowest BCUT2D eigenvalue weighted by Crippen LogP contribution is -2.30. The minimum atomic E-state index is -0.531. The molecule has 51 heavy (non-hydrogen) atoms. The molecule has 258 valence electrons. The number of hydrogen-bond acceptors (Lipinski definition) is 6. The maximum Gasteiger partial charge on any atom is 0.272 e. The summed E-state index contributed by atoms with van der Waals surface area (Å²) in [6, 6.07) is 35.3. The normalized spacial score (nSPS) is 12.0. The van der Waals surface area contributed by atoms with Crippen LogP contribution in [0.25, 0.3) is 27.9 Å². The quantitative estimate of drug-likeness (QED) is 0.0876. The van der Waals surface area contributed by atoms with E-state index in [2.05, 4.69) is 45.6 Å². The number of benzene rings is 5. The third-order valence-electron chi connectivity index (χ3n) is 8.42. The smallest absolute Gasteiger partial charge is 0.272 e. The van der Waals surface area contributed by atoms with Gasteiger partial charge >= 0.3 is 0 Å². The van der Waals surface area contributed by atoms with E-state index in [9.17, 15) is 14.4 Å². The first-order valence-electron chi connectivity index (χ1n) is 16.5. The molecule has 0 saturated heterocycles. The zero-order valence-electron chi connectivity index (χ0n) is 28.7. The first-order valence-corrected chi connectivity index (χ1v) is 17.4. The van der Waals surface area contributed by atoms with Gasteiger partial charge < -0.3 is 30.0 Å². The van der Waals surface area contributed by atoms with E-state index in [4.69, 9.17) is 9.47 Å². The van der Waals surface area contributed by atoms with Crippen molar-refractivity contribution < 1.29 is 23.9 Å². The Kier molecular flexibility index (Phi) is 10.7. The van der Waals surface area contributed by atoms with Crippen molar-refractivity contribution >= 4 is 68.7 Å². The highest BCUT2D eigenvalue weighted by molar-refractivity contribution is 8.00. The Labute approximate surface area is 300 Å². The molecule has 0 bridgehead atoms. The minimum Gasteiger partial charge on any atom is -0.497 e. The van der Waals surface area contributed by atoms with E-state index in [-0.39, 0.29) is 11.6 Å². The lowest BCUT2D eigenvalue weighted by atomic mass is 10.1. The molecule has 0 saturated carbocycles. The van der Waals surface area contributed by atoms with Crippen LogP contribution in [0.5, 0.6) is 11.5 Å². The Morgan fingerprint density at radius 3 is 2.20 bits per heavy atom. The predicted octanol–water partition coefficient (Wildman–Crippen LogP) is 8.36. The van der Waals surface area contributed by atoms with Crippen molar-refractivity contribution in [2.75, 3.05) is 24.9 Å². The van der Waals surface area contributed by atoms with Crippen molar-refractivity contribution in [3.63, 3.8) is 0 Å². The number of ether oxygens (including phenoxy) is 2. The van der Waals surface area contributed by atoms with Crippen LogP contribution in [-0.4, -0.2) is 41.8 Å². The maximum absolute atomic E-state index is 13.6. The molecule has 0 aliphatic heterocycles. The molecule has 3 amide bonds. The van der Waals surface area contributed by atoms with Crippen LogP contribution in [0.1, 0.15) is 29.8 Å². The molecule has 1 aromatic heterocycles. The molecule has 1 unspecified atom stereocenters.